The van der Waals surface area contributed by atoms with Gasteiger partial charge in [-0.2, -0.15) is 0 Å². The van der Waals surface area contributed by atoms with Crippen molar-refractivity contribution in [3.63, 3.8) is 0 Å². The molecule has 2 rings (SSSR count). The minimum Gasteiger partial charge on any atom is -0.466 e. The predicted molar refractivity (Wildman–Crippen MR) is 104 cm³/mol. The lowest BCUT2D eigenvalue weighted by molar-refractivity contribution is -0.148. The topological polar surface area (TPSA) is 79.0 Å². The highest BCUT2D eigenvalue weighted by molar-refractivity contribution is 5.78. The Kier molecular flexibility index (Phi) is 7.63. The average molecular weight is 365 g/mol. The molecule has 0 aromatic heterocycles. The van der Waals surface area contributed by atoms with Crippen LogP contribution in [0.2, 0.25) is 0 Å². The van der Waals surface area contributed by atoms with E-state index in [-0.39, 0.29) is 11.9 Å². The maximum absolute atomic E-state index is 12.1. The van der Waals surface area contributed by atoms with Crippen molar-refractivity contribution >= 4 is 17.3 Å². The van der Waals surface area contributed by atoms with Crippen molar-refractivity contribution in [3.8, 4) is 0 Å². The third kappa shape index (κ3) is 4.63. The fraction of sp³-hybridized carbons (Fsp3) is 0.737. The van der Waals surface area contributed by atoms with Crippen LogP contribution in [-0.2, 0) is 9.53 Å². The first-order chi connectivity index (χ1) is 12.5. The van der Waals surface area contributed by atoms with E-state index in [4.69, 9.17) is 4.74 Å². The Bertz CT molecular complexity index is 662. The maximum atomic E-state index is 12.1. The van der Waals surface area contributed by atoms with Crippen LogP contribution in [0.25, 0.3) is 0 Å². The van der Waals surface area contributed by atoms with E-state index < -0.39 is 10.9 Å². The molecule has 0 aliphatic carbocycles. The number of hydrogen-bond acceptors (Lipinski definition) is 7. The number of esters is 1. The van der Waals surface area contributed by atoms with Gasteiger partial charge in [-0.3, -0.25) is 14.4 Å². The fourth-order valence-corrected chi connectivity index (χ4v) is 3.53. The summed E-state index contributed by atoms with van der Waals surface area (Å²) >= 11 is 0. The first-order valence-corrected chi connectivity index (χ1v) is 9.74. The molecule has 0 saturated carbocycles. The van der Waals surface area contributed by atoms with Crippen LogP contribution in [-0.4, -0.2) is 56.7 Å². The standard InChI is InChI=1S/C19H31N3O4/c1-4-21(5-2)11-8-10-20-15-16(18(24)17(15)23)22-12-7-9-14(13-22)19(25)26-6-3/h14,20H,4-13H2,1-3H3. The highest BCUT2D eigenvalue weighted by atomic mass is 16.5. The molecule has 7 heteroatoms. The van der Waals surface area contributed by atoms with Gasteiger partial charge in [-0.1, -0.05) is 13.8 Å². The second kappa shape index (κ2) is 9.71. The van der Waals surface area contributed by atoms with E-state index in [2.05, 4.69) is 24.1 Å². The first kappa shape index (κ1) is 20.4. The summed E-state index contributed by atoms with van der Waals surface area (Å²) in [5.74, 6) is -0.451. The quantitative estimate of drug-likeness (QED) is 0.379. The summed E-state index contributed by atoms with van der Waals surface area (Å²) in [5.41, 5.74) is -0.0206. The number of piperidine rings is 1. The van der Waals surface area contributed by atoms with Crippen molar-refractivity contribution in [2.24, 2.45) is 5.92 Å². The van der Waals surface area contributed by atoms with Gasteiger partial charge >= 0.3 is 5.97 Å². The number of ether oxygens (including phenoxy) is 1. The summed E-state index contributed by atoms with van der Waals surface area (Å²) in [5, 5.41) is 3.14. The Morgan fingerprint density at radius 2 is 1.96 bits per heavy atom. The lowest BCUT2D eigenvalue weighted by atomic mass is 9.96. The molecule has 1 aliphatic heterocycles. The van der Waals surface area contributed by atoms with E-state index >= 15 is 0 Å². The molecule has 1 aromatic carbocycles. The van der Waals surface area contributed by atoms with E-state index in [1.54, 1.807) is 6.92 Å². The second-order valence-electron chi connectivity index (χ2n) is 6.73. The molecule has 1 fully saturated rings. The lowest BCUT2D eigenvalue weighted by Gasteiger charge is -2.34. The van der Waals surface area contributed by atoms with Crippen molar-refractivity contribution in [2.75, 3.05) is 56.1 Å². The molecule has 0 spiro atoms. The molecule has 1 N–H and O–H groups in total. The number of nitrogens with zero attached hydrogens (tertiary/aromatic N) is 2. The van der Waals surface area contributed by atoms with E-state index in [0.717, 1.165) is 38.9 Å². The number of rotatable bonds is 10. The second-order valence-corrected chi connectivity index (χ2v) is 6.73. The summed E-state index contributed by atoms with van der Waals surface area (Å²) < 4.78 is 5.11. The molecule has 26 heavy (non-hydrogen) atoms. The van der Waals surface area contributed by atoms with E-state index in [9.17, 15) is 14.4 Å². The molecule has 0 bridgehead atoms. The zero-order valence-electron chi connectivity index (χ0n) is 16.2. The summed E-state index contributed by atoms with van der Waals surface area (Å²) in [7, 11) is 0. The molecular weight excluding hydrogens is 334 g/mol. The molecule has 0 amide bonds. The van der Waals surface area contributed by atoms with E-state index in [1.165, 1.54) is 0 Å². The van der Waals surface area contributed by atoms with Gasteiger partial charge in [-0.05, 0) is 45.8 Å². The van der Waals surface area contributed by atoms with Crippen molar-refractivity contribution in [1.29, 1.82) is 0 Å². The lowest BCUT2D eigenvalue weighted by Crippen LogP contribution is -2.47. The number of carbonyl (C=O) groups is 1. The molecule has 1 aliphatic rings. The van der Waals surface area contributed by atoms with Crippen LogP contribution < -0.4 is 21.1 Å². The largest absolute Gasteiger partial charge is 0.466 e. The number of hydrogen-bond donors (Lipinski definition) is 1. The number of anilines is 2. The highest BCUT2D eigenvalue weighted by Crippen LogP contribution is 2.27. The van der Waals surface area contributed by atoms with Crippen molar-refractivity contribution < 1.29 is 9.53 Å². The van der Waals surface area contributed by atoms with Crippen molar-refractivity contribution in [2.45, 2.75) is 40.0 Å². The zero-order chi connectivity index (χ0) is 19.1. The molecule has 0 radical (unpaired) electrons. The molecule has 1 atom stereocenters. The SMILES string of the molecule is CCOC(=O)C1CCCN(c2c(NCCCN(CC)CC)c(=O)c2=O)C1. The predicted octanol–water partition coefficient (Wildman–Crippen LogP) is 1.21. The van der Waals surface area contributed by atoms with Crippen LogP contribution in [0.4, 0.5) is 11.4 Å². The number of carbonyl (C=O) groups excluding carboxylic acids is 1. The minimum absolute atomic E-state index is 0.218. The van der Waals surface area contributed by atoms with Gasteiger partial charge in [0, 0.05) is 19.6 Å². The molecule has 1 heterocycles. The average Bonchev–Trinajstić information content (AvgIpc) is 2.66. The molecule has 7 nitrogen and oxygen atoms in total. The van der Waals surface area contributed by atoms with E-state index in [1.807, 2.05) is 4.90 Å². The zero-order valence-corrected chi connectivity index (χ0v) is 16.2. The maximum Gasteiger partial charge on any atom is 0.310 e. The fourth-order valence-electron chi connectivity index (χ4n) is 3.53. The summed E-state index contributed by atoms with van der Waals surface area (Å²) in [4.78, 5) is 40.3. The minimum atomic E-state index is -0.444. The summed E-state index contributed by atoms with van der Waals surface area (Å²) in [6.07, 6.45) is 2.48. The normalized spacial score (nSPS) is 17.7. The van der Waals surface area contributed by atoms with Gasteiger partial charge in [-0.15, -0.1) is 0 Å². The Morgan fingerprint density at radius 1 is 1.23 bits per heavy atom. The van der Waals surface area contributed by atoms with Crippen LogP contribution in [0, 0.1) is 5.92 Å². The van der Waals surface area contributed by atoms with Crippen molar-refractivity contribution in [1.82, 2.24) is 4.90 Å². The molecule has 1 unspecified atom stereocenters. The van der Waals surface area contributed by atoms with Crippen LogP contribution >= 0.6 is 0 Å². The van der Waals surface area contributed by atoms with Crippen LogP contribution in [0.3, 0.4) is 0 Å². The van der Waals surface area contributed by atoms with Gasteiger partial charge in [0.25, 0.3) is 10.9 Å². The Balaban J connectivity index is 1.96. The Hall–Kier alpha value is -1.89. The van der Waals surface area contributed by atoms with Gasteiger partial charge in [0.15, 0.2) is 0 Å². The molecule has 1 aromatic rings. The summed E-state index contributed by atoms with van der Waals surface area (Å²) in [6, 6.07) is 0. The van der Waals surface area contributed by atoms with Gasteiger partial charge in [0.2, 0.25) is 0 Å². The van der Waals surface area contributed by atoms with Crippen LogP contribution in [0.1, 0.15) is 40.0 Å². The van der Waals surface area contributed by atoms with Gasteiger partial charge < -0.3 is 19.9 Å². The van der Waals surface area contributed by atoms with Crippen molar-refractivity contribution in [3.05, 3.63) is 20.4 Å². The summed E-state index contributed by atoms with van der Waals surface area (Å²) in [6.45, 7) is 11.2. The van der Waals surface area contributed by atoms with E-state index in [0.29, 0.717) is 37.6 Å². The van der Waals surface area contributed by atoms with Gasteiger partial charge in [0.05, 0.1) is 12.5 Å². The third-order valence-corrected chi connectivity index (χ3v) is 5.09. The smallest absolute Gasteiger partial charge is 0.310 e. The Labute approximate surface area is 155 Å². The monoisotopic (exact) mass is 365 g/mol. The molecule has 1 saturated heterocycles. The third-order valence-electron chi connectivity index (χ3n) is 5.09. The Morgan fingerprint density at radius 3 is 2.62 bits per heavy atom. The van der Waals surface area contributed by atoms with Gasteiger partial charge in [0.1, 0.15) is 11.4 Å². The first-order valence-electron chi connectivity index (χ1n) is 9.74. The van der Waals surface area contributed by atoms with Gasteiger partial charge in [-0.25, -0.2) is 0 Å². The molecular formula is C19H31N3O4. The molecule has 146 valence electrons. The number of nitrogens with one attached hydrogen (secondary N) is 1. The van der Waals surface area contributed by atoms with Crippen LogP contribution in [0.15, 0.2) is 9.59 Å². The van der Waals surface area contributed by atoms with Crippen LogP contribution in [0.5, 0.6) is 0 Å². The highest BCUT2D eigenvalue weighted by Gasteiger charge is 2.32.